The molecule has 0 bridgehead atoms. The first-order valence-corrected chi connectivity index (χ1v) is 7.95. The van der Waals surface area contributed by atoms with E-state index in [2.05, 4.69) is 24.1 Å². The number of aliphatic hydroxyl groups excluding tert-OH is 1. The minimum absolute atomic E-state index is 0.128. The largest absolute Gasteiger partial charge is 0.395 e. The summed E-state index contributed by atoms with van der Waals surface area (Å²) in [7, 11) is 0. The predicted octanol–water partition coefficient (Wildman–Crippen LogP) is 3.58. The Kier molecular flexibility index (Phi) is 5.91. The van der Waals surface area contributed by atoms with Crippen molar-refractivity contribution in [2.45, 2.75) is 51.7 Å². The molecule has 2 nitrogen and oxygen atoms in total. The van der Waals surface area contributed by atoms with Gasteiger partial charge in [0, 0.05) is 16.9 Å². The van der Waals surface area contributed by atoms with Crippen LogP contribution in [0, 0.1) is 17.8 Å². The molecule has 0 radical (unpaired) electrons. The van der Waals surface area contributed by atoms with Gasteiger partial charge in [-0.15, -0.1) is 11.3 Å². The van der Waals surface area contributed by atoms with Gasteiger partial charge in [0.25, 0.3) is 0 Å². The second-order valence-corrected chi connectivity index (χ2v) is 6.24. The number of thiophene rings is 1. The Hall–Kier alpha value is -0.820. The van der Waals surface area contributed by atoms with Crippen LogP contribution in [0.4, 0.5) is 0 Å². The molecule has 1 saturated carbocycles. The van der Waals surface area contributed by atoms with Crippen molar-refractivity contribution in [3.63, 3.8) is 0 Å². The lowest BCUT2D eigenvalue weighted by Gasteiger charge is -2.26. The highest BCUT2D eigenvalue weighted by Crippen LogP contribution is 2.27. The zero-order chi connectivity index (χ0) is 13.5. The van der Waals surface area contributed by atoms with Crippen LogP contribution in [-0.4, -0.2) is 17.8 Å². The molecule has 0 aromatic carbocycles. The highest BCUT2D eigenvalue weighted by Gasteiger charge is 2.19. The van der Waals surface area contributed by atoms with E-state index in [-0.39, 0.29) is 6.61 Å². The SMILES string of the molecule is CC1CCCC(OCc2sccc2C#CCCO)C1. The van der Waals surface area contributed by atoms with Gasteiger partial charge in [0.2, 0.25) is 0 Å². The molecular weight excluding hydrogens is 256 g/mol. The van der Waals surface area contributed by atoms with Crippen LogP contribution in [0.1, 0.15) is 49.5 Å². The molecule has 19 heavy (non-hydrogen) atoms. The van der Waals surface area contributed by atoms with Crippen LogP contribution in [0.25, 0.3) is 0 Å². The maximum absolute atomic E-state index is 8.74. The maximum Gasteiger partial charge on any atom is 0.0825 e. The predicted molar refractivity (Wildman–Crippen MR) is 79.1 cm³/mol. The van der Waals surface area contributed by atoms with E-state index in [9.17, 15) is 0 Å². The molecule has 3 heteroatoms. The molecule has 0 aliphatic heterocycles. The molecule has 1 aromatic heterocycles. The average molecular weight is 278 g/mol. The Bertz CT molecular complexity index is 441. The summed E-state index contributed by atoms with van der Waals surface area (Å²) in [6.07, 6.45) is 5.98. The zero-order valence-electron chi connectivity index (χ0n) is 11.5. The topological polar surface area (TPSA) is 29.5 Å². The van der Waals surface area contributed by atoms with E-state index in [0.717, 1.165) is 11.5 Å². The van der Waals surface area contributed by atoms with Crippen molar-refractivity contribution in [2.75, 3.05) is 6.61 Å². The maximum atomic E-state index is 8.74. The normalized spacial score (nSPS) is 22.8. The molecule has 0 amide bonds. The van der Waals surface area contributed by atoms with Gasteiger partial charge in [0.05, 0.1) is 19.3 Å². The van der Waals surface area contributed by atoms with Crippen LogP contribution < -0.4 is 0 Å². The summed E-state index contributed by atoms with van der Waals surface area (Å²) >= 11 is 1.71. The zero-order valence-corrected chi connectivity index (χ0v) is 12.3. The average Bonchev–Trinajstić information content (AvgIpc) is 2.84. The van der Waals surface area contributed by atoms with Crippen LogP contribution >= 0.6 is 11.3 Å². The van der Waals surface area contributed by atoms with Gasteiger partial charge in [0.15, 0.2) is 0 Å². The van der Waals surface area contributed by atoms with Gasteiger partial charge in [-0.1, -0.05) is 31.6 Å². The monoisotopic (exact) mass is 278 g/mol. The number of hydrogen-bond donors (Lipinski definition) is 1. The van der Waals surface area contributed by atoms with Crippen LogP contribution in [0.15, 0.2) is 11.4 Å². The van der Waals surface area contributed by atoms with E-state index >= 15 is 0 Å². The first-order chi connectivity index (χ1) is 9.29. The summed E-state index contributed by atoms with van der Waals surface area (Å²) in [6.45, 7) is 3.12. The third-order valence-corrected chi connectivity index (χ3v) is 4.44. The fourth-order valence-electron chi connectivity index (χ4n) is 2.50. The van der Waals surface area contributed by atoms with E-state index in [1.54, 1.807) is 11.3 Å². The minimum Gasteiger partial charge on any atom is -0.395 e. The number of aliphatic hydroxyl groups is 1. The van der Waals surface area contributed by atoms with Gasteiger partial charge in [-0.3, -0.25) is 0 Å². The van der Waals surface area contributed by atoms with E-state index in [1.807, 2.05) is 6.07 Å². The van der Waals surface area contributed by atoms with Gasteiger partial charge in [-0.25, -0.2) is 0 Å². The first-order valence-electron chi connectivity index (χ1n) is 7.07. The standard InChI is InChI=1S/C16H22O2S/c1-13-5-4-7-15(11-13)18-12-16-14(8-10-19-16)6-2-3-9-17/h8,10,13,15,17H,3-5,7,9,11-12H2,1H3. The third-order valence-electron chi connectivity index (χ3n) is 3.54. The third kappa shape index (κ3) is 4.65. The van der Waals surface area contributed by atoms with E-state index < -0.39 is 0 Å². The summed E-state index contributed by atoms with van der Waals surface area (Å²) in [5.74, 6) is 6.88. The summed E-state index contributed by atoms with van der Waals surface area (Å²) in [5, 5.41) is 10.8. The summed E-state index contributed by atoms with van der Waals surface area (Å²) in [6, 6.07) is 2.04. The Morgan fingerprint density at radius 3 is 3.16 bits per heavy atom. The summed E-state index contributed by atoms with van der Waals surface area (Å²) < 4.78 is 6.04. The molecule has 0 spiro atoms. The molecule has 1 aliphatic rings. The highest BCUT2D eigenvalue weighted by atomic mass is 32.1. The second-order valence-electron chi connectivity index (χ2n) is 5.24. The summed E-state index contributed by atoms with van der Waals surface area (Å²) in [4.78, 5) is 1.21. The van der Waals surface area contributed by atoms with Crippen molar-refractivity contribution in [1.82, 2.24) is 0 Å². The number of hydrogen-bond acceptors (Lipinski definition) is 3. The van der Waals surface area contributed by atoms with E-state index in [4.69, 9.17) is 9.84 Å². The van der Waals surface area contributed by atoms with Gasteiger partial charge in [-0.05, 0) is 30.2 Å². The van der Waals surface area contributed by atoms with Crippen molar-refractivity contribution in [3.8, 4) is 11.8 Å². The Balaban J connectivity index is 1.86. The first kappa shape index (κ1) is 14.6. The van der Waals surface area contributed by atoms with Crippen molar-refractivity contribution in [2.24, 2.45) is 5.92 Å². The molecule has 1 aliphatic carbocycles. The van der Waals surface area contributed by atoms with E-state index in [0.29, 0.717) is 19.1 Å². The van der Waals surface area contributed by atoms with Crippen LogP contribution in [0.2, 0.25) is 0 Å². The molecule has 2 unspecified atom stereocenters. The molecule has 0 saturated heterocycles. The lowest BCUT2D eigenvalue weighted by atomic mass is 9.89. The molecular formula is C16H22O2S. The molecule has 1 N–H and O–H groups in total. The van der Waals surface area contributed by atoms with Crippen molar-refractivity contribution >= 4 is 11.3 Å². The molecule has 1 fully saturated rings. The Labute approximate surface area is 119 Å². The lowest BCUT2D eigenvalue weighted by Crippen LogP contribution is -2.21. The number of rotatable bonds is 4. The van der Waals surface area contributed by atoms with Crippen molar-refractivity contribution in [3.05, 3.63) is 21.9 Å². The number of ether oxygens (including phenoxy) is 1. The molecule has 1 heterocycles. The van der Waals surface area contributed by atoms with Crippen molar-refractivity contribution < 1.29 is 9.84 Å². The molecule has 2 atom stereocenters. The Morgan fingerprint density at radius 2 is 2.37 bits per heavy atom. The van der Waals surface area contributed by atoms with Gasteiger partial charge < -0.3 is 9.84 Å². The fourth-order valence-corrected chi connectivity index (χ4v) is 3.25. The van der Waals surface area contributed by atoms with Gasteiger partial charge in [-0.2, -0.15) is 0 Å². The van der Waals surface area contributed by atoms with Crippen LogP contribution in [0.5, 0.6) is 0 Å². The van der Waals surface area contributed by atoms with Crippen molar-refractivity contribution in [1.29, 1.82) is 0 Å². The minimum atomic E-state index is 0.128. The lowest BCUT2D eigenvalue weighted by molar-refractivity contribution is 0.00584. The molecule has 2 rings (SSSR count). The smallest absolute Gasteiger partial charge is 0.0825 e. The Morgan fingerprint density at radius 1 is 1.47 bits per heavy atom. The molecule has 1 aromatic rings. The highest BCUT2D eigenvalue weighted by molar-refractivity contribution is 7.10. The van der Waals surface area contributed by atoms with Gasteiger partial charge in [0.1, 0.15) is 0 Å². The fraction of sp³-hybridized carbons (Fsp3) is 0.625. The van der Waals surface area contributed by atoms with Crippen LogP contribution in [0.3, 0.4) is 0 Å². The summed E-state index contributed by atoms with van der Waals surface area (Å²) in [5.41, 5.74) is 1.06. The quantitative estimate of drug-likeness (QED) is 0.853. The van der Waals surface area contributed by atoms with Crippen LogP contribution in [-0.2, 0) is 11.3 Å². The van der Waals surface area contributed by atoms with E-state index in [1.165, 1.54) is 30.6 Å². The van der Waals surface area contributed by atoms with Gasteiger partial charge >= 0.3 is 0 Å². The molecule has 104 valence electrons. The second kappa shape index (κ2) is 7.69.